The number of aliphatic hydroxyl groups is 1. The van der Waals surface area contributed by atoms with Crippen LogP contribution < -0.4 is 0 Å². The van der Waals surface area contributed by atoms with E-state index in [1.807, 2.05) is 0 Å². The first-order valence-electron chi connectivity index (χ1n) is 7.93. The van der Waals surface area contributed by atoms with Gasteiger partial charge in [0.05, 0.1) is 0 Å². The summed E-state index contributed by atoms with van der Waals surface area (Å²) in [5.41, 5.74) is -1.10. The summed E-state index contributed by atoms with van der Waals surface area (Å²) in [5.74, 6) is -0.925. The maximum absolute atomic E-state index is 12.9. The van der Waals surface area contributed by atoms with Crippen LogP contribution in [0.1, 0.15) is 51.9 Å². The molecule has 21 heavy (non-hydrogen) atoms. The fourth-order valence-electron chi connectivity index (χ4n) is 3.51. The summed E-state index contributed by atoms with van der Waals surface area (Å²) in [5, 5.41) is 18.7. The SMILES string of the molecule is CC1(C(=O)O)CCCCN1C(=O)N1CCCCC1CCO. The highest BCUT2D eigenvalue weighted by atomic mass is 16.4. The van der Waals surface area contributed by atoms with Gasteiger partial charge in [-0.1, -0.05) is 0 Å². The number of aliphatic hydroxyl groups excluding tert-OH is 1. The average molecular weight is 298 g/mol. The maximum Gasteiger partial charge on any atom is 0.329 e. The number of carbonyl (C=O) groups excluding carboxylic acids is 1. The number of hydrogen-bond acceptors (Lipinski definition) is 3. The van der Waals surface area contributed by atoms with Crippen LogP contribution in [0.25, 0.3) is 0 Å². The number of nitrogens with zero attached hydrogens (tertiary/aromatic N) is 2. The Labute approximate surface area is 125 Å². The van der Waals surface area contributed by atoms with Crippen LogP contribution in [0.4, 0.5) is 4.79 Å². The molecule has 0 saturated carbocycles. The van der Waals surface area contributed by atoms with E-state index in [-0.39, 0.29) is 18.7 Å². The monoisotopic (exact) mass is 298 g/mol. The van der Waals surface area contributed by atoms with Gasteiger partial charge in [-0.15, -0.1) is 0 Å². The fourth-order valence-corrected chi connectivity index (χ4v) is 3.51. The lowest BCUT2D eigenvalue weighted by atomic mass is 9.88. The van der Waals surface area contributed by atoms with E-state index in [2.05, 4.69) is 0 Å². The molecule has 2 fully saturated rings. The highest BCUT2D eigenvalue weighted by molar-refractivity contribution is 5.86. The highest BCUT2D eigenvalue weighted by Gasteiger charge is 2.46. The second kappa shape index (κ2) is 6.64. The molecule has 2 rings (SSSR count). The van der Waals surface area contributed by atoms with Gasteiger partial charge in [-0.25, -0.2) is 9.59 Å². The van der Waals surface area contributed by atoms with Crippen molar-refractivity contribution < 1.29 is 19.8 Å². The molecule has 2 amide bonds. The number of piperidine rings is 2. The van der Waals surface area contributed by atoms with Gasteiger partial charge in [0.15, 0.2) is 0 Å². The molecule has 0 bridgehead atoms. The first-order valence-corrected chi connectivity index (χ1v) is 7.93. The average Bonchev–Trinajstić information content (AvgIpc) is 2.48. The molecule has 0 aromatic rings. The van der Waals surface area contributed by atoms with E-state index < -0.39 is 11.5 Å². The summed E-state index contributed by atoms with van der Waals surface area (Å²) in [7, 11) is 0. The van der Waals surface area contributed by atoms with Crippen LogP contribution in [0.3, 0.4) is 0 Å². The molecular weight excluding hydrogens is 272 g/mol. The lowest BCUT2D eigenvalue weighted by molar-refractivity contribution is -0.151. The predicted octanol–water partition coefficient (Wildman–Crippen LogP) is 1.67. The standard InChI is InChI=1S/C15H26N2O4/c1-15(13(19)20)8-3-5-10-17(15)14(21)16-9-4-2-6-12(16)7-11-18/h12,18H,2-11H2,1H3,(H,19,20). The molecule has 2 aliphatic heterocycles. The molecule has 0 aromatic carbocycles. The molecule has 2 atom stereocenters. The molecule has 2 N–H and O–H groups in total. The highest BCUT2D eigenvalue weighted by Crippen LogP contribution is 2.31. The molecule has 6 heteroatoms. The van der Waals surface area contributed by atoms with E-state index in [1.165, 1.54) is 4.90 Å². The third-order valence-electron chi connectivity index (χ3n) is 4.92. The van der Waals surface area contributed by atoms with Gasteiger partial charge in [0.2, 0.25) is 0 Å². The van der Waals surface area contributed by atoms with Crippen LogP contribution in [0, 0.1) is 0 Å². The number of hydrogen-bond donors (Lipinski definition) is 2. The minimum Gasteiger partial charge on any atom is -0.480 e. The third-order valence-corrected chi connectivity index (χ3v) is 4.92. The van der Waals surface area contributed by atoms with Crippen LogP contribution in [-0.2, 0) is 4.79 Å². The van der Waals surface area contributed by atoms with Crippen molar-refractivity contribution in [3.8, 4) is 0 Å². The van der Waals surface area contributed by atoms with E-state index in [1.54, 1.807) is 11.8 Å². The second-order valence-electron chi connectivity index (χ2n) is 6.33. The van der Waals surface area contributed by atoms with Crippen molar-refractivity contribution >= 4 is 12.0 Å². The summed E-state index contributed by atoms with van der Waals surface area (Å²) < 4.78 is 0. The molecule has 2 aliphatic rings. The smallest absolute Gasteiger partial charge is 0.329 e. The lowest BCUT2D eigenvalue weighted by Gasteiger charge is -2.46. The van der Waals surface area contributed by atoms with E-state index in [9.17, 15) is 19.8 Å². The van der Waals surface area contributed by atoms with Crippen LogP contribution in [0.5, 0.6) is 0 Å². The number of carboxylic acids is 1. The van der Waals surface area contributed by atoms with Crippen LogP contribution in [0.2, 0.25) is 0 Å². The Hall–Kier alpha value is -1.30. The van der Waals surface area contributed by atoms with Crippen molar-refractivity contribution in [1.29, 1.82) is 0 Å². The zero-order valence-corrected chi connectivity index (χ0v) is 12.8. The van der Waals surface area contributed by atoms with Gasteiger partial charge < -0.3 is 20.0 Å². The number of rotatable bonds is 3. The molecule has 6 nitrogen and oxygen atoms in total. The largest absolute Gasteiger partial charge is 0.480 e. The van der Waals surface area contributed by atoms with Gasteiger partial charge in [-0.3, -0.25) is 0 Å². The molecule has 0 aliphatic carbocycles. The number of urea groups is 1. The van der Waals surface area contributed by atoms with Crippen LogP contribution in [0.15, 0.2) is 0 Å². The van der Waals surface area contributed by atoms with Crippen molar-refractivity contribution in [2.45, 2.75) is 63.5 Å². The van der Waals surface area contributed by atoms with Gasteiger partial charge in [-0.2, -0.15) is 0 Å². The molecular formula is C15H26N2O4. The van der Waals surface area contributed by atoms with Crippen molar-refractivity contribution in [1.82, 2.24) is 9.80 Å². The normalized spacial score (nSPS) is 30.3. The zero-order valence-electron chi connectivity index (χ0n) is 12.8. The topological polar surface area (TPSA) is 81.1 Å². The number of aliphatic carboxylic acids is 1. The van der Waals surface area contributed by atoms with Gasteiger partial charge in [0.25, 0.3) is 0 Å². The summed E-state index contributed by atoms with van der Waals surface area (Å²) >= 11 is 0. The minimum atomic E-state index is -1.10. The van der Waals surface area contributed by atoms with E-state index in [0.29, 0.717) is 25.9 Å². The van der Waals surface area contributed by atoms with Gasteiger partial charge in [-0.05, 0) is 51.9 Å². The predicted molar refractivity (Wildman–Crippen MR) is 78.0 cm³/mol. The van der Waals surface area contributed by atoms with Gasteiger partial charge in [0, 0.05) is 25.7 Å². The Balaban J connectivity index is 2.17. The van der Waals surface area contributed by atoms with Crippen molar-refractivity contribution in [2.75, 3.05) is 19.7 Å². The van der Waals surface area contributed by atoms with Gasteiger partial charge >= 0.3 is 12.0 Å². The van der Waals surface area contributed by atoms with E-state index in [4.69, 9.17) is 0 Å². The second-order valence-corrected chi connectivity index (χ2v) is 6.33. The molecule has 120 valence electrons. The molecule has 2 unspecified atom stereocenters. The zero-order chi connectivity index (χ0) is 15.5. The van der Waals surface area contributed by atoms with Crippen molar-refractivity contribution in [3.63, 3.8) is 0 Å². The minimum absolute atomic E-state index is 0.0382. The first kappa shape index (κ1) is 16.1. The quantitative estimate of drug-likeness (QED) is 0.830. The Kier molecular flexibility index (Phi) is 5.08. The molecule has 0 spiro atoms. The van der Waals surface area contributed by atoms with Crippen molar-refractivity contribution in [3.05, 3.63) is 0 Å². The molecule has 0 radical (unpaired) electrons. The summed E-state index contributed by atoms with van der Waals surface area (Å²) in [4.78, 5) is 27.8. The van der Waals surface area contributed by atoms with Crippen molar-refractivity contribution in [2.24, 2.45) is 0 Å². The number of carbonyl (C=O) groups is 2. The van der Waals surface area contributed by atoms with E-state index >= 15 is 0 Å². The number of carboxylic acid groups (broad SMARTS) is 1. The van der Waals surface area contributed by atoms with Crippen LogP contribution >= 0.6 is 0 Å². The van der Waals surface area contributed by atoms with Crippen LogP contribution in [-0.4, -0.2) is 63.3 Å². The summed E-state index contributed by atoms with van der Waals surface area (Å²) in [6, 6.07) is -0.131. The molecule has 0 aromatic heterocycles. The molecule has 2 heterocycles. The van der Waals surface area contributed by atoms with Gasteiger partial charge in [0.1, 0.15) is 5.54 Å². The lowest BCUT2D eigenvalue weighted by Crippen LogP contribution is -2.62. The Morgan fingerprint density at radius 2 is 1.90 bits per heavy atom. The maximum atomic E-state index is 12.9. The van der Waals surface area contributed by atoms with E-state index in [0.717, 1.165) is 32.1 Å². The Bertz CT molecular complexity index is 399. The third kappa shape index (κ3) is 3.15. The molecule has 2 saturated heterocycles. The Morgan fingerprint density at radius 1 is 1.19 bits per heavy atom. The first-order chi connectivity index (χ1) is 10.0. The summed E-state index contributed by atoms with van der Waals surface area (Å²) in [6.45, 7) is 2.88. The number of amides is 2. The number of likely N-dealkylation sites (tertiary alicyclic amines) is 2. The summed E-state index contributed by atoms with van der Waals surface area (Å²) in [6.07, 6.45) is 5.68. The Morgan fingerprint density at radius 3 is 2.57 bits per heavy atom. The fraction of sp³-hybridized carbons (Fsp3) is 0.867.